The lowest BCUT2D eigenvalue weighted by Crippen LogP contribution is -2.06. The predicted molar refractivity (Wildman–Crippen MR) is 122 cm³/mol. The number of rotatable bonds is 9. The van der Waals surface area contributed by atoms with Crippen molar-refractivity contribution in [1.29, 1.82) is 0 Å². The molecule has 1 aromatic heterocycles. The SMILES string of the molecule is CCCS(=O)(=O)c1cccc(Nc2cc(Nc3cccc(S(=O)(=O)CC)c3)ncn2)c1. The van der Waals surface area contributed by atoms with Gasteiger partial charge in [-0.3, -0.25) is 0 Å². The van der Waals surface area contributed by atoms with E-state index in [-0.39, 0.29) is 21.3 Å². The first-order valence-electron chi connectivity index (χ1n) is 9.75. The summed E-state index contributed by atoms with van der Waals surface area (Å²) in [5, 5.41) is 6.15. The van der Waals surface area contributed by atoms with Crippen molar-refractivity contribution in [3.05, 3.63) is 60.9 Å². The molecule has 0 unspecified atom stereocenters. The Kier molecular flexibility index (Phi) is 6.91. The van der Waals surface area contributed by atoms with E-state index in [1.165, 1.54) is 6.33 Å². The van der Waals surface area contributed by atoms with E-state index in [1.54, 1.807) is 61.5 Å². The van der Waals surface area contributed by atoms with Crippen LogP contribution in [-0.4, -0.2) is 38.3 Å². The highest BCUT2D eigenvalue weighted by Gasteiger charge is 2.14. The minimum atomic E-state index is -3.33. The third kappa shape index (κ3) is 5.80. The number of sulfone groups is 2. The maximum atomic E-state index is 12.3. The van der Waals surface area contributed by atoms with Crippen molar-refractivity contribution in [3.63, 3.8) is 0 Å². The highest BCUT2D eigenvalue weighted by molar-refractivity contribution is 7.91. The number of hydrogen-bond acceptors (Lipinski definition) is 8. The van der Waals surface area contributed by atoms with Gasteiger partial charge in [0.2, 0.25) is 0 Å². The predicted octanol–water partition coefficient (Wildman–Crippen LogP) is 3.94. The first kappa shape index (κ1) is 22.7. The van der Waals surface area contributed by atoms with Gasteiger partial charge in [0.25, 0.3) is 0 Å². The van der Waals surface area contributed by atoms with Crippen LogP contribution in [0.5, 0.6) is 0 Å². The Morgan fingerprint density at radius 2 is 1.26 bits per heavy atom. The van der Waals surface area contributed by atoms with Gasteiger partial charge in [-0.25, -0.2) is 26.8 Å². The lowest BCUT2D eigenvalue weighted by atomic mass is 10.3. The van der Waals surface area contributed by atoms with Crippen LogP contribution in [-0.2, 0) is 19.7 Å². The third-order valence-electron chi connectivity index (χ3n) is 4.45. The summed E-state index contributed by atoms with van der Waals surface area (Å²) in [7, 11) is -6.64. The summed E-state index contributed by atoms with van der Waals surface area (Å²) in [6, 6.07) is 14.7. The standard InChI is InChI=1S/C21H24N4O4S2/c1-3-11-31(28,29)19-10-6-8-17(13-19)25-21-14-20(22-15-23-21)24-16-7-5-9-18(12-16)30(26,27)4-2/h5-10,12-15H,3-4,11H2,1-2H3,(H2,22,23,24,25). The fourth-order valence-corrected chi connectivity index (χ4v) is 5.17. The molecule has 0 atom stereocenters. The van der Waals surface area contributed by atoms with Gasteiger partial charge in [-0.15, -0.1) is 0 Å². The van der Waals surface area contributed by atoms with Crippen LogP contribution >= 0.6 is 0 Å². The highest BCUT2D eigenvalue weighted by atomic mass is 32.2. The van der Waals surface area contributed by atoms with Gasteiger partial charge in [-0.1, -0.05) is 26.0 Å². The molecular weight excluding hydrogens is 436 g/mol. The Morgan fingerprint density at radius 1 is 0.742 bits per heavy atom. The van der Waals surface area contributed by atoms with Crippen LogP contribution < -0.4 is 10.6 Å². The lowest BCUT2D eigenvalue weighted by molar-refractivity contribution is 0.594. The smallest absolute Gasteiger partial charge is 0.178 e. The second kappa shape index (κ2) is 9.44. The average molecular weight is 461 g/mol. The number of hydrogen-bond donors (Lipinski definition) is 2. The van der Waals surface area contributed by atoms with Crippen molar-refractivity contribution in [1.82, 2.24) is 9.97 Å². The van der Waals surface area contributed by atoms with E-state index >= 15 is 0 Å². The molecule has 0 spiro atoms. The van der Waals surface area contributed by atoms with Gasteiger partial charge in [0, 0.05) is 17.4 Å². The second-order valence-electron chi connectivity index (χ2n) is 6.82. The van der Waals surface area contributed by atoms with Crippen molar-refractivity contribution < 1.29 is 16.8 Å². The zero-order valence-electron chi connectivity index (χ0n) is 17.2. The molecule has 0 bridgehead atoms. The maximum Gasteiger partial charge on any atom is 0.178 e. The average Bonchev–Trinajstić information content (AvgIpc) is 2.74. The molecule has 0 amide bonds. The summed E-state index contributed by atoms with van der Waals surface area (Å²) >= 11 is 0. The maximum absolute atomic E-state index is 12.3. The molecule has 0 saturated heterocycles. The monoisotopic (exact) mass is 460 g/mol. The van der Waals surface area contributed by atoms with Gasteiger partial charge in [0.15, 0.2) is 19.7 Å². The summed E-state index contributed by atoms with van der Waals surface area (Å²) in [5.41, 5.74) is 1.16. The van der Waals surface area contributed by atoms with Crippen LogP contribution in [0.2, 0.25) is 0 Å². The number of nitrogens with one attached hydrogen (secondary N) is 2. The van der Waals surface area contributed by atoms with Crippen LogP contribution in [0.3, 0.4) is 0 Å². The molecule has 0 fully saturated rings. The molecule has 31 heavy (non-hydrogen) atoms. The largest absolute Gasteiger partial charge is 0.340 e. The summed E-state index contributed by atoms with van der Waals surface area (Å²) in [4.78, 5) is 8.81. The van der Waals surface area contributed by atoms with E-state index in [0.717, 1.165) is 0 Å². The molecule has 0 radical (unpaired) electrons. The minimum Gasteiger partial charge on any atom is -0.340 e. The molecular formula is C21H24N4O4S2. The lowest BCUT2D eigenvalue weighted by Gasteiger charge is -2.11. The van der Waals surface area contributed by atoms with Gasteiger partial charge < -0.3 is 10.6 Å². The van der Waals surface area contributed by atoms with E-state index in [4.69, 9.17) is 0 Å². The topological polar surface area (TPSA) is 118 Å². The molecule has 3 rings (SSSR count). The molecule has 10 heteroatoms. The Morgan fingerprint density at radius 3 is 1.74 bits per heavy atom. The minimum absolute atomic E-state index is 0.0189. The number of benzene rings is 2. The number of anilines is 4. The summed E-state index contributed by atoms with van der Waals surface area (Å²) in [5.74, 6) is 1.02. The molecule has 8 nitrogen and oxygen atoms in total. The summed E-state index contributed by atoms with van der Waals surface area (Å²) in [6.07, 6.45) is 1.90. The first-order valence-corrected chi connectivity index (χ1v) is 13.1. The Labute approximate surface area is 182 Å². The van der Waals surface area contributed by atoms with Crippen LogP contribution in [0.25, 0.3) is 0 Å². The molecule has 0 aliphatic heterocycles. The third-order valence-corrected chi connectivity index (χ3v) is 8.10. The molecule has 2 N–H and O–H groups in total. The van der Waals surface area contributed by atoms with E-state index < -0.39 is 19.7 Å². The van der Waals surface area contributed by atoms with Crippen molar-refractivity contribution >= 4 is 42.7 Å². The Balaban J connectivity index is 1.80. The molecule has 3 aromatic rings. The molecule has 1 heterocycles. The van der Waals surface area contributed by atoms with Gasteiger partial charge >= 0.3 is 0 Å². The number of aromatic nitrogens is 2. The Bertz CT molecular complexity index is 1280. The van der Waals surface area contributed by atoms with Crippen molar-refractivity contribution in [2.45, 2.75) is 30.1 Å². The zero-order valence-corrected chi connectivity index (χ0v) is 18.9. The van der Waals surface area contributed by atoms with Gasteiger partial charge in [0.05, 0.1) is 21.3 Å². The molecule has 0 saturated carbocycles. The molecule has 0 aliphatic carbocycles. The van der Waals surface area contributed by atoms with Gasteiger partial charge in [-0.2, -0.15) is 0 Å². The summed E-state index contributed by atoms with van der Waals surface area (Å²) < 4.78 is 48.8. The van der Waals surface area contributed by atoms with E-state index in [1.807, 2.05) is 6.92 Å². The quantitative estimate of drug-likeness (QED) is 0.493. The van der Waals surface area contributed by atoms with Crippen LogP contribution in [0.15, 0.2) is 70.7 Å². The Hall–Kier alpha value is -2.98. The van der Waals surface area contributed by atoms with Crippen LogP contribution in [0, 0.1) is 0 Å². The number of nitrogens with zero attached hydrogens (tertiary/aromatic N) is 2. The molecule has 164 valence electrons. The molecule has 0 aliphatic rings. The van der Waals surface area contributed by atoms with Crippen LogP contribution in [0.1, 0.15) is 20.3 Å². The highest BCUT2D eigenvalue weighted by Crippen LogP contribution is 2.23. The van der Waals surface area contributed by atoms with Crippen molar-refractivity contribution in [2.24, 2.45) is 0 Å². The molecule has 2 aromatic carbocycles. The van der Waals surface area contributed by atoms with Crippen LogP contribution in [0.4, 0.5) is 23.0 Å². The fourth-order valence-electron chi connectivity index (χ4n) is 2.88. The fraction of sp³-hybridized carbons (Fsp3) is 0.238. The first-order chi connectivity index (χ1) is 14.7. The van der Waals surface area contributed by atoms with E-state index in [9.17, 15) is 16.8 Å². The van der Waals surface area contributed by atoms with E-state index in [0.29, 0.717) is 29.4 Å². The summed E-state index contributed by atoms with van der Waals surface area (Å²) in [6.45, 7) is 3.42. The normalized spacial score (nSPS) is 11.8. The van der Waals surface area contributed by atoms with Crippen molar-refractivity contribution in [3.8, 4) is 0 Å². The van der Waals surface area contributed by atoms with Gasteiger partial charge in [-0.05, 0) is 42.8 Å². The van der Waals surface area contributed by atoms with Crippen molar-refractivity contribution in [2.75, 3.05) is 22.1 Å². The second-order valence-corrected chi connectivity index (χ2v) is 11.2. The zero-order chi connectivity index (χ0) is 22.5. The van der Waals surface area contributed by atoms with Gasteiger partial charge in [0.1, 0.15) is 18.0 Å². The van der Waals surface area contributed by atoms with E-state index in [2.05, 4.69) is 20.6 Å².